The van der Waals surface area contributed by atoms with Gasteiger partial charge in [-0.2, -0.15) is 0 Å². The smallest absolute Gasteiger partial charge is 0.172 e. The zero-order chi connectivity index (χ0) is 16.2. The molecule has 1 rings (SSSR count). The molecule has 0 spiro atoms. The van der Waals surface area contributed by atoms with Gasteiger partial charge in [-0.05, 0) is 71.3 Å². The first-order chi connectivity index (χ1) is 10.6. The molecule has 22 heavy (non-hydrogen) atoms. The minimum atomic E-state index is 0.0530. The highest BCUT2D eigenvalue weighted by atomic mass is 16.1. The maximum absolute atomic E-state index is 12.3. The predicted octanol–water partition coefficient (Wildman–Crippen LogP) is 3.79. The van der Waals surface area contributed by atoms with Crippen LogP contribution in [0, 0.1) is 5.92 Å². The summed E-state index contributed by atoms with van der Waals surface area (Å²) < 4.78 is 0. The van der Waals surface area contributed by atoms with Crippen molar-refractivity contribution in [2.24, 2.45) is 5.92 Å². The van der Waals surface area contributed by atoms with Crippen LogP contribution < -0.4 is 5.32 Å². The van der Waals surface area contributed by atoms with Gasteiger partial charge in [0.2, 0.25) is 0 Å². The van der Waals surface area contributed by atoms with Crippen LogP contribution in [0.3, 0.4) is 0 Å². The molecular formula is C19H36N2O. The Kier molecular flexibility index (Phi) is 10.4. The summed E-state index contributed by atoms with van der Waals surface area (Å²) in [6.45, 7) is 4.35. The summed E-state index contributed by atoms with van der Waals surface area (Å²) in [6.07, 6.45) is 14.8. The van der Waals surface area contributed by atoms with E-state index >= 15 is 0 Å². The lowest BCUT2D eigenvalue weighted by Crippen LogP contribution is -2.43. The van der Waals surface area contributed by atoms with E-state index in [2.05, 4.69) is 37.3 Å². The first-order valence-corrected chi connectivity index (χ1v) is 9.22. The van der Waals surface area contributed by atoms with Gasteiger partial charge in [0.15, 0.2) is 5.78 Å². The van der Waals surface area contributed by atoms with E-state index in [0.717, 1.165) is 25.9 Å². The zero-order valence-electron chi connectivity index (χ0n) is 14.9. The van der Waals surface area contributed by atoms with Crippen molar-refractivity contribution in [2.75, 3.05) is 27.2 Å². The quantitative estimate of drug-likeness (QED) is 0.465. The summed E-state index contributed by atoms with van der Waals surface area (Å²) in [5.74, 6) is 0.975. The first kappa shape index (κ1) is 19.4. The molecule has 2 atom stereocenters. The van der Waals surface area contributed by atoms with Crippen molar-refractivity contribution in [1.82, 2.24) is 10.2 Å². The van der Waals surface area contributed by atoms with Crippen molar-refractivity contribution in [3.63, 3.8) is 0 Å². The van der Waals surface area contributed by atoms with Gasteiger partial charge in [-0.15, -0.1) is 0 Å². The molecule has 2 unspecified atom stereocenters. The van der Waals surface area contributed by atoms with Gasteiger partial charge in [-0.3, -0.25) is 4.79 Å². The van der Waals surface area contributed by atoms with E-state index in [0.29, 0.717) is 5.92 Å². The molecule has 1 aliphatic rings. The normalized spacial score (nSPS) is 22.5. The summed E-state index contributed by atoms with van der Waals surface area (Å²) in [7, 11) is 4.24. The fourth-order valence-electron chi connectivity index (χ4n) is 3.10. The Morgan fingerprint density at radius 2 is 2.00 bits per heavy atom. The van der Waals surface area contributed by atoms with E-state index < -0.39 is 0 Å². The Hall–Kier alpha value is -0.670. The van der Waals surface area contributed by atoms with Crippen LogP contribution in [0.25, 0.3) is 0 Å². The van der Waals surface area contributed by atoms with Gasteiger partial charge in [0.05, 0.1) is 6.04 Å². The van der Waals surface area contributed by atoms with Gasteiger partial charge in [-0.1, -0.05) is 38.7 Å². The van der Waals surface area contributed by atoms with E-state index in [4.69, 9.17) is 0 Å². The number of allylic oxidation sites excluding steroid dienone is 1. The SMILES string of the molecule is CCCCCCC/C=C/C(=O)C1CC(CCN(C)C)CCN1. The van der Waals surface area contributed by atoms with Crippen LogP contribution in [0.15, 0.2) is 12.2 Å². The van der Waals surface area contributed by atoms with E-state index in [1.54, 1.807) is 0 Å². The summed E-state index contributed by atoms with van der Waals surface area (Å²) >= 11 is 0. The van der Waals surface area contributed by atoms with Crippen LogP contribution in [-0.4, -0.2) is 43.9 Å². The molecule has 1 aliphatic heterocycles. The van der Waals surface area contributed by atoms with Crippen molar-refractivity contribution >= 4 is 5.78 Å². The fourth-order valence-corrected chi connectivity index (χ4v) is 3.10. The van der Waals surface area contributed by atoms with Crippen LogP contribution in [0.4, 0.5) is 0 Å². The van der Waals surface area contributed by atoms with Gasteiger partial charge < -0.3 is 10.2 Å². The molecule has 0 aromatic heterocycles. The number of ketones is 1. The average molecular weight is 309 g/mol. The first-order valence-electron chi connectivity index (χ1n) is 9.22. The molecule has 3 nitrogen and oxygen atoms in total. The van der Waals surface area contributed by atoms with Crippen LogP contribution >= 0.6 is 0 Å². The van der Waals surface area contributed by atoms with Gasteiger partial charge in [0, 0.05) is 0 Å². The zero-order valence-corrected chi connectivity index (χ0v) is 14.9. The Morgan fingerprint density at radius 3 is 2.73 bits per heavy atom. The third-order valence-electron chi connectivity index (χ3n) is 4.60. The fraction of sp³-hybridized carbons (Fsp3) is 0.842. The van der Waals surface area contributed by atoms with E-state index in [9.17, 15) is 4.79 Å². The number of hydrogen-bond acceptors (Lipinski definition) is 3. The molecule has 128 valence electrons. The van der Waals surface area contributed by atoms with Crippen molar-refractivity contribution in [2.45, 2.75) is 70.8 Å². The number of carbonyl (C=O) groups is 1. The van der Waals surface area contributed by atoms with Gasteiger partial charge in [0.1, 0.15) is 0 Å². The lowest BCUT2D eigenvalue weighted by Gasteiger charge is -2.29. The minimum absolute atomic E-state index is 0.0530. The van der Waals surface area contributed by atoms with E-state index in [1.165, 1.54) is 44.9 Å². The largest absolute Gasteiger partial charge is 0.309 e. The second kappa shape index (κ2) is 11.8. The molecule has 0 aliphatic carbocycles. The number of piperidine rings is 1. The molecule has 0 radical (unpaired) electrons. The Balaban J connectivity index is 2.20. The average Bonchev–Trinajstić information content (AvgIpc) is 2.52. The Morgan fingerprint density at radius 1 is 1.23 bits per heavy atom. The van der Waals surface area contributed by atoms with Gasteiger partial charge in [-0.25, -0.2) is 0 Å². The summed E-state index contributed by atoms with van der Waals surface area (Å²) in [5.41, 5.74) is 0. The highest BCUT2D eigenvalue weighted by Crippen LogP contribution is 2.20. The van der Waals surface area contributed by atoms with Crippen molar-refractivity contribution in [1.29, 1.82) is 0 Å². The predicted molar refractivity (Wildman–Crippen MR) is 95.2 cm³/mol. The topological polar surface area (TPSA) is 32.3 Å². The second-order valence-corrected chi connectivity index (χ2v) is 7.00. The number of carbonyl (C=O) groups excluding carboxylic acids is 1. The molecule has 1 heterocycles. The van der Waals surface area contributed by atoms with Crippen LogP contribution in [0.1, 0.15) is 64.7 Å². The summed E-state index contributed by atoms with van der Waals surface area (Å²) in [5, 5.41) is 3.39. The van der Waals surface area contributed by atoms with Crippen LogP contribution in [-0.2, 0) is 4.79 Å². The second-order valence-electron chi connectivity index (χ2n) is 7.00. The lowest BCUT2D eigenvalue weighted by atomic mass is 9.88. The molecule has 0 bridgehead atoms. The highest BCUT2D eigenvalue weighted by Gasteiger charge is 2.25. The third-order valence-corrected chi connectivity index (χ3v) is 4.60. The molecule has 0 aromatic carbocycles. The van der Waals surface area contributed by atoms with Crippen molar-refractivity contribution in [3.8, 4) is 0 Å². The number of hydrogen-bond donors (Lipinski definition) is 1. The molecular weight excluding hydrogens is 272 g/mol. The molecule has 1 fully saturated rings. The van der Waals surface area contributed by atoms with Gasteiger partial charge >= 0.3 is 0 Å². The molecule has 1 N–H and O–H groups in total. The standard InChI is InChI=1S/C19H36N2O/c1-4-5-6-7-8-9-10-11-19(22)18-16-17(12-14-20-18)13-15-21(2)3/h10-11,17-18,20H,4-9,12-16H2,1-3H3/b11-10+. The molecule has 0 amide bonds. The third kappa shape index (κ3) is 8.70. The molecule has 0 aromatic rings. The summed E-state index contributed by atoms with van der Waals surface area (Å²) in [4.78, 5) is 14.5. The van der Waals surface area contributed by atoms with E-state index in [-0.39, 0.29) is 11.8 Å². The van der Waals surface area contributed by atoms with Crippen LogP contribution in [0.5, 0.6) is 0 Å². The molecule has 3 heteroatoms. The van der Waals surface area contributed by atoms with Crippen LogP contribution in [0.2, 0.25) is 0 Å². The lowest BCUT2D eigenvalue weighted by molar-refractivity contribution is -0.117. The number of nitrogens with zero attached hydrogens (tertiary/aromatic N) is 1. The Labute approximate surface area is 137 Å². The summed E-state index contributed by atoms with van der Waals surface area (Å²) in [6, 6.07) is 0.0530. The van der Waals surface area contributed by atoms with E-state index in [1.807, 2.05) is 6.08 Å². The van der Waals surface area contributed by atoms with Crippen molar-refractivity contribution in [3.05, 3.63) is 12.2 Å². The maximum Gasteiger partial charge on any atom is 0.172 e. The minimum Gasteiger partial charge on any atom is -0.309 e. The highest BCUT2D eigenvalue weighted by molar-refractivity contribution is 5.94. The number of nitrogens with one attached hydrogen (secondary N) is 1. The van der Waals surface area contributed by atoms with Crippen molar-refractivity contribution < 1.29 is 4.79 Å². The number of rotatable bonds is 11. The maximum atomic E-state index is 12.3. The monoisotopic (exact) mass is 308 g/mol. The molecule has 0 saturated carbocycles. The van der Waals surface area contributed by atoms with Gasteiger partial charge in [0.25, 0.3) is 0 Å². The number of unbranched alkanes of at least 4 members (excludes halogenated alkanes) is 5. The Bertz CT molecular complexity index is 325. The molecule has 1 saturated heterocycles.